The van der Waals surface area contributed by atoms with Crippen molar-refractivity contribution in [2.45, 2.75) is 40.0 Å². The molecule has 0 spiro atoms. The van der Waals surface area contributed by atoms with E-state index < -0.39 is 0 Å². The van der Waals surface area contributed by atoms with Crippen LogP contribution in [0.5, 0.6) is 11.5 Å². The fourth-order valence-electron chi connectivity index (χ4n) is 4.17. The van der Waals surface area contributed by atoms with Gasteiger partial charge in [0.1, 0.15) is 29.5 Å². The van der Waals surface area contributed by atoms with Crippen molar-refractivity contribution in [2.24, 2.45) is 0 Å². The second-order valence-electron chi connectivity index (χ2n) is 9.10. The third-order valence-corrected chi connectivity index (χ3v) is 5.99. The molecule has 0 N–H and O–H groups in total. The zero-order valence-electron chi connectivity index (χ0n) is 21.4. The fourth-order valence-corrected chi connectivity index (χ4v) is 4.17. The molecule has 0 saturated carbocycles. The number of pyridine rings is 1. The molecule has 7 heteroatoms. The summed E-state index contributed by atoms with van der Waals surface area (Å²) in [6.45, 7) is 11.1. The van der Waals surface area contributed by atoms with Crippen molar-refractivity contribution in [3.8, 4) is 11.5 Å². The number of benzene rings is 2. The van der Waals surface area contributed by atoms with Gasteiger partial charge in [0.25, 0.3) is 0 Å². The first-order valence-electron chi connectivity index (χ1n) is 12.6. The minimum atomic E-state index is -0.319. The molecule has 3 aromatic rings. The van der Waals surface area contributed by atoms with Crippen LogP contribution in [-0.4, -0.2) is 54.7 Å². The first kappa shape index (κ1) is 25.5. The van der Waals surface area contributed by atoms with Crippen molar-refractivity contribution >= 4 is 11.8 Å². The Labute approximate surface area is 213 Å². The molecule has 0 amide bonds. The molecule has 0 unspecified atom stereocenters. The van der Waals surface area contributed by atoms with Crippen molar-refractivity contribution in [3.05, 3.63) is 83.6 Å². The quantitative estimate of drug-likeness (QED) is 0.374. The highest BCUT2D eigenvalue weighted by atomic mass is 16.5. The first-order valence-corrected chi connectivity index (χ1v) is 12.6. The Morgan fingerprint density at radius 1 is 0.889 bits per heavy atom. The van der Waals surface area contributed by atoms with E-state index in [1.54, 1.807) is 18.3 Å². The number of anilines is 1. The third-order valence-electron chi connectivity index (χ3n) is 5.99. The van der Waals surface area contributed by atoms with Gasteiger partial charge in [0.15, 0.2) is 0 Å². The Hall–Kier alpha value is -3.58. The summed E-state index contributed by atoms with van der Waals surface area (Å²) in [4.78, 5) is 21.6. The van der Waals surface area contributed by atoms with Crippen molar-refractivity contribution in [1.29, 1.82) is 0 Å². The highest BCUT2D eigenvalue weighted by Gasteiger charge is 2.23. The zero-order chi connectivity index (χ0) is 25.3. The molecule has 0 atom stereocenters. The van der Waals surface area contributed by atoms with Crippen molar-refractivity contribution in [1.82, 2.24) is 9.88 Å². The molecular weight excluding hydrogens is 454 g/mol. The van der Waals surface area contributed by atoms with Gasteiger partial charge < -0.3 is 19.1 Å². The van der Waals surface area contributed by atoms with Crippen LogP contribution in [0.25, 0.3) is 0 Å². The second-order valence-corrected chi connectivity index (χ2v) is 9.10. The van der Waals surface area contributed by atoms with Crippen LogP contribution in [0, 0.1) is 0 Å². The third kappa shape index (κ3) is 6.98. The van der Waals surface area contributed by atoms with Crippen LogP contribution in [-0.2, 0) is 17.9 Å². The number of aromatic nitrogens is 1. The summed E-state index contributed by atoms with van der Waals surface area (Å²) in [5, 5.41) is 0. The normalized spacial score (nSPS) is 14.1. The van der Waals surface area contributed by atoms with Gasteiger partial charge in [-0.15, -0.1) is 0 Å². The monoisotopic (exact) mass is 489 g/mol. The maximum Gasteiger partial charge on any atom is 0.342 e. The summed E-state index contributed by atoms with van der Waals surface area (Å²) in [6, 6.07) is 19.9. The molecule has 1 aliphatic heterocycles. The SMILES string of the molecule is CCOc1ccc(COc2ccc(CN3CCN(c4ncccc4C(=O)OC(C)C)CC3)cc2)cc1. The second kappa shape index (κ2) is 12.4. The number of carbonyl (C=O) groups excluding carboxylic acids is 1. The molecule has 2 heterocycles. The molecule has 0 aliphatic carbocycles. The minimum absolute atomic E-state index is 0.161. The Morgan fingerprint density at radius 3 is 2.17 bits per heavy atom. The largest absolute Gasteiger partial charge is 0.494 e. The molecule has 1 saturated heterocycles. The van der Waals surface area contributed by atoms with Crippen LogP contribution >= 0.6 is 0 Å². The number of piperazine rings is 1. The molecule has 4 rings (SSSR count). The summed E-state index contributed by atoms with van der Waals surface area (Å²) in [5.74, 6) is 2.12. The lowest BCUT2D eigenvalue weighted by Gasteiger charge is -2.36. The van der Waals surface area contributed by atoms with Crippen LogP contribution in [0.1, 0.15) is 42.3 Å². The molecular formula is C29H35N3O4. The summed E-state index contributed by atoms with van der Waals surface area (Å²) in [5.41, 5.74) is 2.88. The average Bonchev–Trinajstić information content (AvgIpc) is 2.89. The standard InChI is InChI=1S/C29H35N3O4/c1-4-34-25-13-9-24(10-14-25)21-35-26-11-7-23(8-12-26)20-31-16-18-32(19-17-31)28-27(6-5-15-30-28)29(33)36-22(2)3/h5-15,22H,4,16-21H2,1-3H3. The smallest absolute Gasteiger partial charge is 0.342 e. The van der Waals surface area contributed by atoms with Gasteiger partial charge in [0.05, 0.1) is 12.7 Å². The van der Waals surface area contributed by atoms with E-state index in [0.29, 0.717) is 24.6 Å². The van der Waals surface area contributed by atoms with E-state index in [1.807, 2.05) is 57.2 Å². The van der Waals surface area contributed by atoms with Gasteiger partial charge in [-0.3, -0.25) is 4.90 Å². The fraction of sp³-hybridized carbons (Fsp3) is 0.379. The van der Waals surface area contributed by atoms with Gasteiger partial charge in [-0.1, -0.05) is 24.3 Å². The Bertz CT molecular complexity index is 1110. The van der Waals surface area contributed by atoms with E-state index in [1.165, 1.54) is 5.56 Å². The molecule has 2 aromatic carbocycles. The van der Waals surface area contributed by atoms with Gasteiger partial charge in [-0.05, 0) is 68.3 Å². The van der Waals surface area contributed by atoms with E-state index in [9.17, 15) is 4.79 Å². The van der Waals surface area contributed by atoms with Crippen molar-refractivity contribution in [3.63, 3.8) is 0 Å². The van der Waals surface area contributed by atoms with E-state index in [0.717, 1.165) is 49.8 Å². The number of hydrogen-bond donors (Lipinski definition) is 0. The van der Waals surface area contributed by atoms with E-state index >= 15 is 0 Å². The maximum atomic E-state index is 12.5. The van der Waals surface area contributed by atoms with Crippen molar-refractivity contribution in [2.75, 3.05) is 37.7 Å². The summed E-state index contributed by atoms with van der Waals surface area (Å²) in [7, 11) is 0. The van der Waals surface area contributed by atoms with Gasteiger partial charge in [0, 0.05) is 38.9 Å². The average molecular weight is 490 g/mol. The molecule has 0 bridgehead atoms. The number of rotatable bonds is 10. The van der Waals surface area contributed by atoms with Crippen LogP contribution in [0.15, 0.2) is 66.9 Å². The lowest BCUT2D eigenvalue weighted by Crippen LogP contribution is -2.46. The van der Waals surface area contributed by atoms with Gasteiger partial charge >= 0.3 is 5.97 Å². The summed E-state index contributed by atoms with van der Waals surface area (Å²) >= 11 is 0. The maximum absolute atomic E-state index is 12.5. The van der Waals surface area contributed by atoms with Crippen LogP contribution in [0.3, 0.4) is 0 Å². The minimum Gasteiger partial charge on any atom is -0.494 e. The van der Waals surface area contributed by atoms with Gasteiger partial charge in [0.2, 0.25) is 0 Å². The van der Waals surface area contributed by atoms with Gasteiger partial charge in [-0.25, -0.2) is 9.78 Å². The number of hydrogen-bond acceptors (Lipinski definition) is 7. The molecule has 190 valence electrons. The topological polar surface area (TPSA) is 64.1 Å². The number of ether oxygens (including phenoxy) is 3. The molecule has 1 aliphatic rings. The number of esters is 1. The van der Waals surface area contributed by atoms with Gasteiger partial charge in [-0.2, -0.15) is 0 Å². The Morgan fingerprint density at radius 2 is 1.53 bits per heavy atom. The van der Waals surface area contributed by atoms with Crippen LogP contribution in [0.4, 0.5) is 5.82 Å². The lowest BCUT2D eigenvalue weighted by atomic mass is 10.1. The van der Waals surface area contributed by atoms with Crippen LogP contribution < -0.4 is 14.4 Å². The van der Waals surface area contributed by atoms with Crippen LogP contribution in [0.2, 0.25) is 0 Å². The van der Waals surface area contributed by atoms with E-state index in [-0.39, 0.29) is 12.1 Å². The van der Waals surface area contributed by atoms with Crippen molar-refractivity contribution < 1.29 is 19.0 Å². The Kier molecular flexibility index (Phi) is 8.79. The highest BCUT2D eigenvalue weighted by molar-refractivity contribution is 5.94. The predicted octanol–water partition coefficient (Wildman–Crippen LogP) is 4.95. The predicted molar refractivity (Wildman–Crippen MR) is 141 cm³/mol. The Balaban J connectivity index is 1.26. The molecule has 36 heavy (non-hydrogen) atoms. The first-order chi connectivity index (χ1) is 17.5. The van der Waals surface area contributed by atoms with E-state index in [2.05, 4.69) is 26.9 Å². The molecule has 1 fully saturated rings. The number of nitrogens with zero attached hydrogens (tertiary/aromatic N) is 3. The summed E-state index contributed by atoms with van der Waals surface area (Å²) in [6.07, 6.45) is 1.57. The lowest BCUT2D eigenvalue weighted by molar-refractivity contribution is 0.0378. The number of carbonyl (C=O) groups is 1. The highest BCUT2D eigenvalue weighted by Crippen LogP contribution is 2.22. The van der Waals surface area contributed by atoms with E-state index in [4.69, 9.17) is 14.2 Å². The summed E-state index contributed by atoms with van der Waals surface area (Å²) < 4.78 is 16.8. The molecule has 0 radical (unpaired) electrons. The molecule has 7 nitrogen and oxygen atoms in total. The zero-order valence-corrected chi connectivity index (χ0v) is 21.4. The molecule has 1 aromatic heterocycles.